The van der Waals surface area contributed by atoms with Gasteiger partial charge in [-0.05, 0) is 23.6 Å². The number of aromatic nitrogens is 2. The van der Waals surface area contributed by atoms with Crippen LogP contribution in [0.4, 0.5) is 5.13 Å². The zero-order chi connectivity index (χ0) is 15.2. The van der Waals surface area contributed by atoms with E-state index < -0.39 is 0 Å². The zero-order valence-corrected chi connectivity index (χ0v) is 12.8. The number of hydrogen-bond acceptors (Lipinski definition) is 5. The topological polar surface area (TPSA) is 78.7 Å². The summed E-state index contributed by atoms with van der Waals surface area (Å²) in [6.07, 6.45) is 1.14. The number of amides is 1. The van der Waals surface area contributed by atoms with Crippen LogP contribution < -0.4 is 5.32 Å². The molecule has 0 fully saturated rings. The third-order valence-corrected chi connectivity index (χ3v) is 3.60. The van der Waals surface area contributed by atoms with E-state index in [1.54, 1.807) is 18.2 Å². The predicted molar refractivity (Wildman–Crippen MR) is 82.2 cm³/mol. The standard InChI is InChI=1S/C15H16N4OS/c1-10(2)8-13-18-19-15(21-13)17-14(20)12-5-3-4-11(9-12)6-7-16/h3-5,9-10H,6,8H2,1-2H3,(H,17,19,20). The van der Waals surface area contributed by atoms with Gasteiger partial charge in [-0.15, -0.1) is 10.2 Å². The summed E-state index contributed by atoms with van der Waals surface area (Å²) in [5.41, 5.74) is 1.34. The number of rotatable bonds is 5. The van der Waals surface area contributed by atoms with E-state index in [1.165, 1.54) is 11.3 Å². The van der Waals surface area contributed by atoms with E-state index in [4.69, 9.17) is 5.26 Å². The fourth-order valence-corrected chi connectivity index (χ4v) is 2.77. The second-order valence-corrected chi connectivity index (χ2v) is 6.15. The van der Waals surface area contributed by atoms with Crippen LogP contribution in [0.5, 0.6) is 0 Å². The zero-order valence-electron chi connectivity index (χ0n) is 12.0. The Morgan fingerprint density at radius 1 is 1.43 bits per heavy atom. The molecular formula is C15H16N4OS. The van der Waals surface area contributed by atoms with E-state index in [0.717, 1.165) is 17.0 Å². The number of carbonyl (C=O) groups is 1. The predicted octanol–water partition coefficient (Wildman–Crippen LogP) is 3.05. The third-order valence-electron chi connectivity index (χ3n) is 2.74. The lowest BCUT2D eigenvalue weighted by atomic mass is 10.1. The normalized spacial score (nSPS) is 10.4. The summed E-state index contributed by atoms with van der Waals surface area (Å²) >= 11 is 1.39. The fraction of sp³-hybridized carbons (Fsp3) is 0.333. The van der Waals surface area contributed by atoms with Gasteiger partial charge in [0.2, 0.25) is 5.13 Å². The molecule has 0 radical (unpaired) electrons. The summed E-state index contributed by atoms with van der Waals surface area (Å²) in [6.45, 7) is 4.22. The maximum Gasteiger partial charge on any atom is 0.257 e. The molecule has 1 aromatic carbocycles. The Balaban J connectivity index is 2.05. The van der Waals surface area contributed by atoms with E-state index in [2.05, 4.69) is 35.4 Å². The van der Waals surface area contributed by atoms with Gasteiger partial charge >= 0.3 is 0 Å². The van der Waals surface area contributed by atoms with E-state index in [9.17, 15) is 4.79 Å². The minimum absolute atomic E-state index is 0.234. The van der Waals surface area contributed by atoms with Gasteiger partial charge in [-0.1, -0.05) is 37.3 Å². The molecule has 0 spiro atoms. The van der Waals surface area contributed by atoms with Crippen molar-refractivity contribution in [3.63, 3.8) is 0 Å². The summed E-state index contributed by atoms with van der Waals surface area (Å²) in [5.74, 6) is 0.270. The van der Waals surface area contributed by atoms with Gasteiger partial charge in [0.15, 0.2) is 0 Å². The molecule has 0 saturated heterocycles. The van der Waals surface area contributed by atoms with Crippen molar-refractivity contribution in [2.24, 2.45) is 5.92 Å². The Bertz CT molecular complexity index is 672. The number of benzene rings is 1. The van der Waals surface area contributed by atoms with Gasteiger partial charge < -0.3 is 0 Å². The highest BCUT2D eigenvalue weighted by Crippen LogP contribution is 2.19. The van der Waals surface area contributed by atoms with Gasteiger partial charge in [0.1, 0.15) is 5.01 Å². The summed E-state index contributed by atoms with van der Waals surface area (Å²) < 4.78 is 0. The first-order valence-electron chi connectivity index (χ1n) is 6.68. The third kappa shape index (κ3) is 4.36. The van der Waals surface area contributed by atoms with Crippen LogP contribution in [0.25, 0.3) is 0 Å². The average molecular weight is 300 g/mol. The lowest BCUT2D eigenvalue weighted by molar-refractivity contribution is 0.102. The van der Waals surface area contributed by atoms with E-state index in [0.29, 0.717) is 23.0 Å². The molecule has 0 saturated carbocycles. The number of carbonyl (C=O) groups excluding carboxylic acids is 1. The van der Waals surface area contributed by atoms with Crippen LogP contribution in [0.15, 0.2) is 24.3 Å². The minimum Gasteiger partial charge on any atom is -0.296 e. The molecule has 5 nitrogen and oxygen atoms in total. The lowest BCUT2D eigenvalue weighted by Crippen LogP contribution is -2.11. The molecule has 2 aromatic rings. The highest BCUT2D eigenvalue weighted by Gasteiger charge is 2.11. The number of anilines is 1. The first kappa shape index (κ1) is 15.1. The Morgan fingerprint density at radius 3 is 2.95 bits per heavy atom. The molecule has 1 aromatic heterocycles. The van der Waals surface area contributed by atoms with Crippen molar-refractivity contribution in [1.29, 1.82) is 5.26 Å². The van der Waals surface area contributed by atoms with Crippen LogP contribution in [0.2, 0.25) is 0 Å². The van der Waals surface area contributed by atoms with E-state index in [1.807, 2.05) is 6.07 Å². The maximum absolute atomic E-state index is 12.1. The van der Waals surface area contributed by atoms with Crippen molar-refractivity contribution < 1.29 is 4.79 Å². The largest absolute Gasteiger partial charge is 0.296 e. The SMILES string of the molecule is CC(C)Cc1nnc(NC(=O)c2cccc(CC#N)c2)s1. The maximum atomic E-state index is 12.1. The van der Waals surface area contributed by atoms with Crippen molar-refractivity contribution in [2.75, 3.05) is 5.32 Å². The van der Waals surface area contributed by atoms with Crippen molar-refractivity contribution in [3.8, 4) is 6.07 Å². The molecule has 0 unspecified atom stereocenters. The molecule has 108 valence electrons. The second kappa shape index (κ2) is 6.95. The Kier molecular flexibility index (Phi) is 5.01. The molecule has 1 heterocycles. The molecule has 2 rings (SSSR count). The number of nitrogens with one attached hydrogen (secondary N) is 1. The minimum atomic E-state index is -0.234. The van der Waals surface area contributed by atoms with Crippen LogP contribution in [-0.2, 0) is 12.8 Å². The molecule has 0 atom stereocenters. The molecule has 1 N–H and O–H groups in total. The molecule has 0 bridgehead atoms. The molecule has 1 amide bonds. The second-order valence-electron chi connectivity index (χ2n) is 5.09. The quantitative estimate of drug-likeness (QED) is 0.920. The van der Waals surface area contributed by atoms with E-state index >= 15 is 0 Å². The van der Waals surface area contributed by atoms with Gasteiger partial charge in [0, 0.05) is 12.0 Å². The fourth-order valence-electron chi connectivity index (χ4n) is 1.82. The van der Waals surface area contributed by atoms with Gasteiger partial charge in [0.05, 0.1) is 12.5 Å². The molecular weight excluding hydrogens is 284 g/mol. The van der Waals surface area contributed by atoms with Crippen LogP contribution in [0.1, 0.15) is 34.8 Å². The van der Waals surface area contributed by atoms with Crippen molar-refractivity contribution in [3.05, 3.63) is 40.4 Å². The molecule has 0 aliphatic rings. The van der Waals surface area contributed by atoms with Crippen LogP contribution >= 0.6 is 11.3 Å². The van der Waals surface area contributed by atoms with Crippen LogP contribution in [-0.4, -0.2) is 16.1 Å². The molecule has 21 heavy (non-hydrogen) atoms. The summed E-state index contributed by atoms with van der Waals surface area (Å²) in [6, 6.07) is 9.10. The first-order valence-corrected chi connectivity index (χ1v) is 7.49. The number of nitrogens with zero attached hydrogens (tertiary/aromatic N) is 3. The van der Waals surface area contributed by atoms with Gasteiger partial charge in [-0.25, -0.2) is 0 Å². The van der Waals surface area contributed by atoms with Gasteiger partial charge in [0.25, 0.3) is 5.91 Å². The molecule has 0 aliphatic heterocycles. The monoisotopic (exact) mass is 300 g/mol. The summed E-state index contributed by atoms with van der Waals surface area (Å²) in [5, 5.41) is 20.9. The highest BCUT2D eigenvalue weighted by atomic mass is 32.1. The Morgan fingerprint density at radius 2 is 2.24 bits per heavy atom. The van der Waals surface area contributed by atoms with Crippen molar-refractivity contribution >= 4 is 22.4 Å². The first-order chi connectivity index (χ1) is 10.1. The lowest BCUT2D eigenvalue weighted by Gasteiger charge is -2.02. The Hall–Kier alpha value is -2.26. The average Bonchev–Trinajstić information content (AvgIpc) is 2.86. The smallest absolute Gasteiger partial charge is 0.257 e. The van der Waals surface area contributed by atoms with Crippen LogP contribution in [0.3, 0.4) is 0 Å². The molecule has 6 heteroatoms. The van der Waals surface area contributed by atoms with Crippen molar-refractivity contribution in [1.82, 2.24) is 10.2 Å². The number of nitriles is 1. The van der Waals surface area contributed by atoms with Gasteiger partial charge in [-0.2, -0.15) is 5.26 Å². The van der Waals surface area contributed by atoms with Gasteiger partial charge in [-0.3, -0.25) is 10.1 Å². The summed E-state index contributed by atoms with van der Waals surface area (Å²) in [4.78, 5) is 12.1. The van der Waals surface area contributed by atoms with Crippen LogP contribution in [0, 0.1) is 17.2 Å². The van der Waals surface area contributed by atoms with E-state index in [-0.39, 0.29) is 5.91 Å². The highest BCUT2D eigenvalue weighted by molar-refractivity contribution is 7.15. The van der Waals surface area contributed by atoms with Crippen molar-refractivity contribution in [2.45, 2.75) is 26.7 Å². The number of hydrogen-bond donors (Lipinski definition) is 1. The Labute approximate surface area is 127 Å². The summed E-state index contributed by atoms with van der Waals surface area (Å²) in [7, 11) is 0. The molecule has 0 aliphatic carbocycles.